The van der Waals surface area contributed by atoms with E-state index in [9.17, 15) is 9.59 Å². The Morgan fingerprint density at radius 2 is 2.17 bits per heavy atom. The molecule has 0 aromatic heterocycles. The smallest absolute Gasteiger partial charge is 0.321 e. The summed E-state index contributed by atoms with van der Waals surface area (Å²) < 4.78 is 0. The fourth-order valence-electron chi connectivity index (χ4n) is 3.10. The average Bonchev–Trinajstić information content (AvgIpc) is 2.94. The van der Waals surface area contributed by atoms with Crippen molar-refractivity contribution >= 4 is 41.6 Å². The Kier molecular flexibility index (Phi) is 6.32. The van der Waals surface area contributed by atoms with Crippen LogP contribution < -0.4 is 20.9 Å². The molecule has 2 unspecified atom stereocenters. The Morgan fingerprint density at radius 3 is 2.83 bits per heavy atom. The topological polar surface area (TPSA) is 73.5 Å². The lowest BCUT2D eigenvalue weighted by Gasteiger charge is -2.28. The SMILES string of the molecule is CC1CC(NC(=O)c2cc(N3CCNC3=O)ccc2Cl)CCN1.Cl. The van der Waals surface area contributed by atoms with Crippen molar-refractivity contribution in [3.8, 4) is 0 Å². The first-order chi connectivity index (χ1) is 11.0. The molecule has 24 heavy (non-hydrogen) atoms. The second-order valence-corrected chi connectivity index (χ2v) is 6.50. The second kappa shape index (κ2) is 8.05. The van der Waals surface area contributed by atoms with Crippen LogP contribution in [0.15, 0.2) is 18.2 Å². The van der Waals surface area contributed by atoms with E-state index in [0.717, 1.165) is 19.4 Å². The van der Waals surface area contributed by atoms with Gasteiger partial charge in [-0.2, -0.15) is 0 Å². The summed E-state index contributed by atoms with van der Waals surface area (Å²) in [5.41, 5.74) is 1.10. The van der Waals surface area contributed by atoms with Crippen LogP contribution in [0.1, 0.15) is 30.1 Å². The lowest BCUT2D eigenvalue weighted by atomic mass is 10.00. The molecule has 0 aliphatic carbocycles. The number of hydrogen-bond donors (Lipinski definition) is 3. The summed E-state index contributed by atoms with van der Waals surface area (Å²) in [6, 6.07) is 5.51. The minimum atomic E-state index is -0.185. The van der Waals surface area contributed by atoms with Gasteiger partial charge in [-0.3, -0.25) is 9.69 Å². The Hall–Kier alpha value is -1.50. The number of nitrogens with zero attached hydrogens (tertiary/aromatic N) is 1. The number of hydrogen-bond acceptors (Lipinski definition) is 3. The van der Waals surface area contributed by atoms with Crippen LogP contribution in [0.2, 0.25) is 5.02 Å². The maximum absolute atomic E-state index is 12.6. The predicted octanol–water partition coefficient (Wildman–Crippen LogP) is 2.16. The molecule has 8 heteroatoms. The van der Waals surface area contributed by atoms with E-state index in [1.807, 2.05) is 0 Å². The monoisotopic (exact) mass is 372 g/mol. The second-order valence-electron chi connectivity index (χ2n) is 6.10. The molecule has 2 aliphatic rings. The lowest BCUT2D eigenvalue weighted by molar-refractivity contribution is 0.0926. The van der Waals surface area contributed by atoms with Gasteiger partial charge in [-0.1, -0.05) is 11.6 Å². The van der Waals surface area contributed by atoms with E-state index in [-0.39, 0.29) is 30.4 Å². The van der Waals surface area contributed by atoms with Gasteiger partial charge in [0.2, 0.25) is 0 Å². The van der Waals surface area contributed by atoms with Crippen LogP contribution in [-0.4, -0.2) is 43.7 Å². The van der Waals surface area contributed by atoms with Crippen molar-refractivity contribution in [2.75, 3.05) is 24.5 Å². The van der Waals surface area contributed by atoms with Crippen LogP contribution in [-0.2, 0) is 0 Å². The highest BCUT2D eigenvalue weighted by Gasteiger charge is 2.24. The third-order valence-electron chi connectivity index (χ3n) is 4.32. The maximum atomic E-state index is 12.6. The number of benzene rings is 1. The van der Waals surface area contributed by atoms with Crippen LogP contribution in [0, 0.1) is 0 Å². The van der Waals surface area contributed by atoms with Crippen LogP contribution >= 0.6 is 24.0 Å². The fourth-order valence-corrected chi connectivity index (χ4v) is 3.30. The molecule has 3 amide bonds. The summed E-state index contributed by atoms with van der Waals surface area (Å²) in [6.45, 7) is 4.20. The third-order valence-corrected chi connectivity index (χ3v) is 4.65. The van der Waals surface area contributed by atoms with Crippen molar-refractivity contribution in [3.05, 3.63) is 28.8 Å². The molecule has 0 saturated carbocycles. The highest BCUT2D eigenvalue weighted by Crippen LogP contribution is 2.25. The molecule has 1 aromatic carbocycles. The van der Waals surface area contributed by atoms with Crippen molar-refractivity contribution in [3.63, 3.8) is 0 Å². The average molecular weight is 373 g/mol. The summed E-state index contributed by atoms with van der Waals surface area (Å²) >= 11 is 6.19. The standard InChI is InChI=1S/C16H21ClN4O2.ClH/c1-10-8-11(4-5-18-10)20-15(22)13-9-12(2-3-14(13)17)21-7-6-19-16(21)23;/h2-3,9-11,18H,4-8H2,1H3,(H,19,23)(H,20,22);1H. The van der Waals surface area contributed by atoms with Crippen molar-refractivity contribution in [2.45, 2.75) is 31.8 Å². The number of urea groups is 1. The molecule has 1 aromatic rings. The lowest BCUT2D eigenvalue weighted by Crippen LogP contribution is -2.46. The van der Waals surface area contributed by atoms with Crippen molar-refractivity contribution < 1.29 is 9.59 Å². The van der Waals surface area contributed by atoms with Crippen LogP contribution in [0.25, 0.3) is 0 Å². The summed E-state index contributed by atoms with van der Waals surface area (Å²) in [5.74, 6) is -0.185. The summed E-state index contributed by atoms with van der Waals surface area (Å²) in [5, 5.41) is 9.56. The molecule has 6 nitrogen and oxygen atoms in total. The molecule has 2 fully saturated rings. The largest absolute Gasteiger partial charge is 0.349 e. The molecule has 0 spiro atoms. The van der Waals surface area contributed by atoms with Gasteiger partial charge in [0, 0.05) is 30.9 Å². The van der Waals surface area contributed by atoms with Crippen molar-refractivity contribution in [1.29, 1.82) is 0 Å². The minimum absolute atomic E-state index is 0. The van der Waals surface area contributed by atoms with Gasteiger partial charge in [0.1, 0.15) is 0 Å². The normalized spacial score (nSPS) is 23.4. The van der Waals surface area contributed by atoms with E-state index < -0.39 is 0 Å². The molecule has 2 atom stereocenters. The van der Waals surface area contributed by atoms with Crippen molar-refractivity contribution in [2.24, 2.45) is 0 Å². The van der Waals surface area contributed by atoms with Gasteiger partial charge in [0.15, 0.2) is 0 Å². The van der Waals surface area contributed by atoms with Gasteiger partial charge < -0.3 is 16.0 Å². The molecule has 2 aliphatic heterocycles. The number of piperidine rings is 1. The number of carbonyl (C=O) groups excluding carboxylic acids is 2. The number of rotatable bonds is 3. The number of anilines is 1. The molecular formula is C16H22Cl2N4O2. The zero-order valence-electron chi connectivity index (χ0n) is 13.5. The fraction of sp³-hybridized carbons (Fsp3) is 0.500. The first-order valence-electron chi connectivity index (χ1n) is 7.94. The molecule has 0 bridgehead atoms. The summed E-state index contributed by atoms with van der Waals surface area (Å²) in [4.78, 5) is 25.9. The Balaban J connectivity index is 0.00000208. The Morgan fingerprint density at radius 1 is 1.38 bits per heavy atom. The summed E-state index contributed by atoms with van der Waals surface area (Å²) in [7, 11) is 0. The van der Waals surface area contributed by atoms with E-state index >= 15 is 0 Å². The van der Waals surface area contributed by atoms with Gasteiger partial charge in [0.05, 0.1) is 10.6 Å². The quantitative estimate of drug-likeness (QED) is 0.760. The van der Waals surface area contributed by atoms with E-state index in [2.05, 4.69) is 22.9 Å². The van der Waals surface area contributed by atoms with E-state index in [1.54, 1.807) is 23.1 Å². The molecular weight excluding hydrogens is 351 g/mol. The molecule has 2 saturated heterocycles. The Labute approximate surface area is 152 Å². The molecule has 3 N–H and O–H groups in total. The zero-order valence-corrected chi connectivity index (χ0v) is 15.0. The van der Waals surface area contributed by atoms with E-state index in [0.29, 0.717) is 35.4 Å². The van der Waals surface area contributed by atoms with Crippen LogP contribution in [0.4, 0.5) is 10.5 Å². The molecule has 0 radical (unpaired) electrons. The first kappa shape index (κ1) is 18.8. The van der Waals surface area contributed by atoms with Gasteiger partial charge >= 0.3 is 6.03 Å². The number of carbonyl (C=O) groups is 2. The maximum Gasteiger partial charge on any atom is 0.321 e. The third kappa shape index (κ3) is 4.12. The van der Waals surface area contributed by atoms with E-state index in [1.165, 1.54) is 0 Å². The zero-order chi connectivity index (χ0) is 16.4. The van der Waals surface area contributed by atoms with E-state index in [4.69, 9.17) is 11.6 Å². The summed E-state index contributed by atoms with van der Waals surface area (Å²) in [6.07, 6.45) is 1.81. The predicted molar refractivity (Wildman–Crippen MR) is 97.4 cm³/mol. The van der Waals surface area contributed by atoms with Gasteiger partial charge in [-0.15, -0.1) is 12.4 Å². The molecule has 3 rings (SSSR count). The molecule has 2 heterocycles. The van der Waals surface area contributed by atoms with Crippen LogP contribution in [0.3, 0.4) is 0 Å². The Bertz CT molecular complexity index is 626. The molecule has 132 valence electrons. The number of halogens is 2. The first-order valence-corrected chi connectivity index (χ1v) is 8.31. The van der Waals surface area contributed by atoms with Crippen molar-refractivity contribution in [1.82, 2.24) is 16.0 Å². The van der Waals surface area contributed by atoms with Gasteiger partial charge in [-0.05, 0) is 44.5 Å². The van der Waals surface area contributed by atoms with Gasteiger partial charge in [0.25, 0.3) is 5.91 Å². The van der Waals surface area contributed by atoms with Gasteiger partial charge in [-0.25, -0.2) is 4.79 Å². The minimum Gasteiger partial charge on any atom is -0.349 e. The number of amides is 3. The number of nitrogens with one attached hydrogen (secondary N) is 3. The highest BCUT2D eigenvalue weighted by molar-refractivity contribution is 6.34. The highest BCUT2D eigenvalue weighted by atomic mass is 35.5. The van der Waals surface area contributed by atoms with Crippen LogP contribution in [0.5, 0.6) is 0 Å².